The standard InChI is InChI=1S/C25H28N4O3/c1-18-8-7-11-21(24(18)25(32)28-15-5-6-16-28)26-22(30)12-13-23(31)29-17-14-20(27-29)19-9-3-2-4-10-19/h2-4,7-11H,5-6,12-17H2,1H3,(H,26,30). The van der Waals surface area contributed by atoms with Crippen LogP contribution in [-0.2, 0) is 9.59 Å². The van der Waals surface area contributed by atoms with Crippen LogP contribution in [-0.4, -0.2) is 53.0 Å². The summed E-state index contributed by atoms with van der Waals surface area (Å²) in [4.78, 5) is 39.9. The van der Waals surface area contributed by atoms with Crippen LogP contribution >= 0.6 is 0 Å². The number of rotatable bonds is 6. The minimum Gasteiger partial charge on any atom is -0.339 e. The summed E-state index contributed by atoms with van der Waals surface area (Å²) in [5.74, 6) is -0.513. The van der Waals surface area contributed by atoms with Gasteiger partial charge in [-0.1, -0.05) is 42.5 Å². The van der Waals surface area contributed by atoms with Gasteiger partial charge in [0.15, 0.2) is 0 Å². The molecule has 4 rings (SSSR count). The number of amides is 3. The summed E-state index contributed by atoms with van der Waals surface area (Å²) >= 11 is 0. The Bertz CT molecular complexity index is 1040. The van der Waals surface area contributed by atoms with Gasteiger partial charge in [0.05, 0.1) is 23.5 Å². The Balaban J connectivity index is 1.36. The van der Waals surface area contributed by atoms with E-state index < -0.39 is 0 Å². The number of carbonyl (C=O) groups excluding carboxylic acids is 3. The zero-order valence-corrected chi connectivity index (χ0v) is 18.3. The number of aryl methyl sites for hydroxylation is 1. The van der Waals surface area contributed by atoms with Gasteiger partial charge in [0.1, 0.15) is 0 Å². The number of anilines is 1. The maximum atomic E-state index is 13.0. The Morgan fingerprint density at radius 2 is 1.69 bits per heavy atom. The fourth-order valence-corrected chi connectivity index (χ4v) is 4.17. The van der Waals surface area contributed by atoms with Gasteiger partial charge in [-0.05, 0) is 37.0 Å². The number of carbonyl (C=O) groups is 3. The molecule has 0 aliphatic carbocycles. The van der Waals surface area contributed by atoms with Crippen molar-refractivity contribution in [1.82, 2.24) is 9.91 Å². The topological polar surface area (TPSA) is 82.1 Å². The van der Waals surface area contributed by atoms with E-state index in [9.17, 15) is 14.4 Å². The van der Waals surface area contributed by atoms with Crippen LogP contribution in [0.4, 0.5) is 5.69 Å². The molecule has 166 valence electrons. The largest absolute Gasteiger partial charge is 0.339 e. The highest BCUT2D eigenvalue weighted by atomic mass is 16.2. The van der Waals surface area contributed by atoms with Crippen LogP contribution in [0.1, 0.15) is 53.6 Å². The summed E-state index contributed by atoms with van der Waals surface area (Å²) in [7, 11) is 0. The molecule has 0 atom stereocenters. The maximum absolute atomic E-state index is 13.0. The second-order valence-corrected chi connectivity index (χ2v) is 8.22. The van der Waals surface area contributed by atoms with Crippen molar-refractivity contribution in [1.29, 1.82) is 0 Å². The fourth-order valence-electron chi connectivity index (χ4n) is 4.17. The summed E-state index contributed by atoms with van der Waals surface area (Å²) in [6, 6.07) is 15.2. The van der Waals surface area contributed by atoms with Gasteiger partial charge in [-0.3, -0.25) is 14.4 Å². The fraction of sp³-hybridized carbons (Fsp3) is 0.360. The van der Waals surface area contributed by atoms with E-state index >= 15 is 0 Å². The summed E-state index contributed by atoms with van der Waals surface area (Å²) in [6.07, 6.45) is 2.82. The molecule has 1 N–H and O–H groups in total. The van der Waals surface area contributed by atoms with Crippen molar-refractivity contribution in [3.8, 4) is 0 Å². The molecule has 7 nitrogen and oxygen atoms in total. The molecule has 2 aromatic rings. The van der Waals surface area contributed by atoms with E-state index in [2.05, 4.69) is 10.4 Å². The minimum absolute atomic E-state index is 0.0385. The highest BCUT2D eigenvalue weighted by molar-refractivity contribution is 6.05. The van der Waals surface area contributed by atoms with Gasteiger partial charge in [0.25, 0.3) is 5.91 Å². The highest BCUT2D eigenvalue weighted by Gasteiger charge is 2.25. The van der Waals surface area contributed by atoms with E-state index in [-0.39, 0.29) is 30.6 Å². The van der Waals surface area contributed by atoms with Gasteiger partial charge in [-0.25, -0.2) is 5.01 Å². The van der Waals surface area contributed by atoms with Crippen LogP contribution in [0.25, 0.3) is 0 Å². The molecule has 0 spiro atoms. The number of nitrogens with one attached hydrogen (secondary N) is 1. The molecule has 32 heavy (non-hydrogen) atoms. The Labute approximate surface area is 188 Å². The Morgan fingerprint density at radius 1 is 0.938 bits per heavy atom. The van der Waals surface area contributed by atoms with Gasteiger partial charge < -0.3 is 10.2 Å². The summed E-state index contributed by atoms with van der Waals surface area (Å²) in [6.45, 7) is 3.89. The van der Waals surface area contributed by atoms with Gasteiger partial charge in [-0.2, -0.15) is 5.10 Å². The SMILES string of the molecule is Cc1cccc(NC(=O)CCC(=O)N2CCC(c3ccccc3)=N2)c1C(=O)N1CCCC1. The van der Waals surface area contributed by atoms with Crippen LogP contribution in [0.3, 0.4) is 0 Å². The average molecular weight is 433 g/mol. The average Bonchev–Trinajstić information content (AvgIpc) is 3.50. The van der Waals surface area contributed by atoms with E-state index in [1.807, 2.05) is 54.3 Å². The Morgan fingerprint density at radius 3 is 2.44 bits per heavy atom. The number of hydrogen-bond acceptors (Lipinski definition) is 4. The van der Waals surface area contributed by atoms with Gasteiger partial charge >= 0.3 is 0 Å². The van der Waals surface area contributed by atoms with Crippen molar-refractivity contribution < 1.29 is 14.4 Å². The van der Waals surface area contributed by atoms with Crippen molar-refractivity contribution in [2.75, 3.05) is 25.0 Å². The van der Waals surface area contributed by atoms with Crippen LogP contribution in [0.15, 0.2) is 53.6 Å². The summed E-state index contributed by atoms with van der Waals surface area (Å²) in [5, 5.41) is 8.72. The third kappa shape index (κ3) is 4.88. The second kappa shape index (κ2) is 9.77. The summed E-state index contributed by atoms with van der Waals surface area (Å²) < 4.78 is 0. The number of likely N-dealkylation sites (tertiary alicyclic amines) is 1. The van der Waals surface area contributed by atoms with E-state index in [0.29, 0.717) is 24.2 Å². The van der Waals surface area contributed by atoms with Crippen LogP contribution < -0.4 is 5.32 Å². The Kier molecular flexibility index (Phi) is 6.63. The molecule has 2 aromatic carbocycles. The molecule has 0 bridgehead atoms. The first-order chi connectivity index (χ1) is 15.5. The normalized spacial score (nSPS) is 15.6. The van der Waals surface area contributed by atoms with Crippen molar-refractivity contribution in [3.63, 3.8) is 0 Å². The quantitative estimate of drug-likeness (QED) is 0.757. The molecule has 2 heterocycles. The van der Waals surface area contributed by atoms with Gasteiger partial charge in [0.2, 0.25) is 11.8 Å². The molecule has 1 fully saturated rings. The minimum atomic E-state index is -0.286. The smallest absolute Gasteiger partial charge is 0.256 e. The second-order valence-electron chi connectivity index (χ2n) is 8.22. The van der Waals surface area contributed by atoms with Crippen LogP contribution in [0.2, 0.25) is 0 Å². The van der Waals surface area contributed by atoms with E-state index in [4.69, 9.17) is 0 Å². The zero-order chi connectivity index (χ0) is 22.5. The van der Waals surface area contributed by atoms with Crippen LogP contribution in [0.5, 0.6) is 0 Å². The lowest BCUT2D eigenvalue weighted by atomic mass is 10.0. The van der Waals surface area contributed by atoms with E-state index in [1.165, 1.54) is 5.01 Å². The highest BCUT2D eigenvalue weighted by Crippen LogP contribution is 2.24. The maximum Gasteiger partial charge on any atom is 0.256 e. The lowest BCUT2D eigenvalue weighted by Gasteiger charge is -2.19. The van der Waals surface area contributed by atoms with Crippen molar-refractivity contribution in [3.05, 3.63) is 65.2 Å². The molecule has 2 aliphatic heterocycles. The lowest BCUT2D eigenvalue weighted by Crippen LogP contribution is -2.30. The number of hydrogen-bond donors (Lipinski definition) is 1. The summed E-state index contributed by atoms with van der Waals surface area (Å²) in [5.41, 5.74) is 3.76. The number of nitrogens with zero attached hydrogens (tertiary/aromatic N) is 3. The first kappa shape index (κ1) is 21.7. The zero-order valence-electron chi connectivity index (χ0n) is 18.3. The van der Waals surface area contributed by atoms with Crippen molar-refractivity contribution in [2.45, 2.75) is 39.0 Å². The first-order valence-electron chi connectivity index (χ1n) is 11.1. The van der Waals surface area contributed by atoms with Gasteiger partial charge in [0, 0.05) is 32.4 Å². The molecular formula is C25H28N4O3. The monoisotopic (exact) mass is 432 g/mol. The molecule has 0 saturated carbocycles. The Hall–Kier alpha value is -3.48. The number of benzene rings is 2. The molecule has 0 aromatic heterocycles. The predicted octanol–water partition coefficient (Wildman–Crippen LogP) is 3.59. The van der Waals surface area contributed by atoms with E-state index in [0.717, 1.165) is 42.8 Å². The molecular weight excluding hydrogens is 404 g/mol. The van der Waals surface area contributed by atoms with Crippen LogP contribution in [0, 0.1) is 6.92 Å². The van der Waals surface area contributed by atoms with Crippen molar-refractivity contribution in [2.24, 2.45) is 5.10 Å². The third-order valence-electron chi connectivity index (χ3n) is 5.92. The van der Waals surface area contributed by atoms with Gasteiger partial charge in [-0.15, -0.1) is 0 Å². The molecule has 0 unspecified atom stereocenters. The first-order valence-corrected chi connectivity index (χ1v) is 11.1. The third-order valence-corrected chi connectivity index (χ3v) is 5.92. The van der Waals surface area contributed by atoms with E-state index in [1.54, 1.807) is 6.07 Å². The van der Waals surface area contributed by atoms with Crippen molar-refractivity contribution >= 4 is 29.1 Å². The molecule has 2 aliphatic rings. The molecule has 7 heteroatoms. The molecule has 0 radical (unpaired) electrons. The molecule has 1 saturated heterocycles. The predicted molar refractivity (Wildman–Crippen MR) is 123 cm³/mol. The lowest BCUT2D eigenvalue weighted by molar-refractivity contribution is -0.132. The molecule has 3 amide bonds. The number of hydrazone groups is 1.